The first-order valence-corrected chi connectivity index (χ1v) is 11.7. The molecule has 31 heavy (non-hydrogen) atoms. The standard InChI is InChI=1S/C21H15F5NO3.Rb/c1-12-6-7-17-14(10-12)16(11-18(28)29)20(22,23)8-9-27(17)19(30)13-4-2-3-5-15(13)21(24,25)26;/h2,4-7,10-11H,8-9H2,1H3,(H,28,29);/b16-11-;. The summed E-state index contributed by atoms with van der Waals surface area (Å²) in [4.78, 5) is 25.2. The summed E-state index contributed by atoms with van der Waals surface area (Å²) in [5.74, 6) is -6.25. The normalized spacial score (nSPS) is 17.3. The number of fused-ring (bicyclic) bond motifs is 1. The van der Waals surface area contributed by atoms with Gasteiger partial charge in [-0.25, -0.2) is 0 Å². The summed E-state index contributed by atoms with van der Waals surface area (Å²) in [6.07, 6.45) is -5.34. The molecule has 0 bridgehead atoms. The van der Waals surface area contributed by atoms with Crippen LogP contribution in [0.3, 0.4) is 0 Å². The minimum atomic E-state index is -4.79. The van der Waals surface area contributed by atoms with Gasteiger partial charge in [-0.1, -0.05) is 0 Å². The van der Waals surface area contributed by atoms with E-state index in [9.17, 15) is 31.5 Å². The second kappa shape index (κ2) is 8.84. The van der Waals surface area contributed by atoms with Gasteiger partial charge < -0.3 is 0 Å². The molecule has 1 heterocycles. The molecule has 0 spiro atoms. The summed E-state index contributed by atoms with van der Waals surface area (Å²) >= 11 is -0.235. The molecular weight excluding hydrogens is 495 g/mol. The number of nitrogens with zero attached hydrogens (tertiary/aromatic N) is 1. The monoisotopic (exact) mass is 509 g/mol. The van der Waals surface area contributed by atoms with Crippen LogP contribution in [0.15, 0.2) is 42.5 Å². The Morgan fingerprint density at radius 2 is 1.84 bits per heavy atom. The molecule has 1 N–H and O–H groups in total. The van der Waals surface area contributed by atoms with Crippen LogP contribution in [-0.2, 0) is 11.0 Å². The Hall–Kier alpha value is -1.42. The Morgan fingerprint density at radius 3 is 2.45 bits per heavy atom. The van der Waals surface area contributed by atoms with Gasteiger partial charge in [0.05, 0.1) is 0 Å². The molecule has 0 aliphatic carbocycles. The summed E-state index contributed by atoms with van der Waals surface area (Å²) in [6, 6.07) is 7.59. The molecule has 0 unspecified atom stereocenters. The summed E-state index contributed by atoms with van der Waals surface area (Å²) in [5, 5.41) is 9.08. The van der Waals surface area contributed by atoms with E-state index in [0.717, 1.165) is 17.0 Å². The van der Waals surface area contributed by atoms with Crippen molar-refractivity contribution in [1.29, 1.82) is 0 Å². The molecule has 1 amide bonds. The Balaban J connectivity index is 2.22. The first kappa shape index (κ1) is 24.2. The number of aryl methyl sites for hydroxylation is 1. The van der Waals surface area contributed by atoms with Gasteiger partial charge in [-0.05, 0) is 0 Å². The number of alkyl halides is 5. The van der Waals surface area contributed by atoms with Crippen molar-refractivity contribution in [2.75, 3.05) is 11.4 Å². The van der Waals surface area contributed by atoms with Gasteiger partial charge in [-0.2, -0.15) is 0 Å². The van der Waals surface area contributed by atoms with E-state index in [0.29, 0.717) is 10.3 Å². The number of anilines is 1. The molecule has 0 saturated carbocycles. The molecule has 0 atom stereocenters. The number of rotatable bonds is 2. The Morgan fingerprint density at radius 1 is 1.16 bits per heavy atom. The molecule has 0 fully saturated rings. The van der Waals surface area contributed by atoms with E-state index in [1.807, 2.05) is 0 Å². The first-order valence-electron chi connectivity index (χ1n) is 9.25. The molecule has 0 aromatic heterocycles. The fourth-order valence-electron chi connectivity index (χ4n) is 3.55. The minimum absolute atomic E-state index is 0.0619. The van der Waals surface area contributed by atoms with Gasteiger partial charge in [0.1, 0.15) is 0 Å². The zero-order valence-electron chi connectivity index (χ0n) is 16.6. The Bertz CT molecular complexity index is 1090. The van der Waals surface area contributed by atoms with E-state index in [4.69, 9.17) is 5.11 Å². The zero-order chi connectivity index (χ0) is 23.1. The van der Waals surface area contributed by atoms with Crippen LogP contribution in [0, 0.1) is 6.92 Å². The molecule has 1 aliphatic rings. The van der Waals surface area contributed by atoms with Crippen molar-refractivity contribution in [2.24, 2.45) is 0 Å². The average molecular weight is 510 g/mol. The number of carbonyl (C=O) groups is 2. The van der Waals surface area contributed by atoms with Crippen LogP contribution < -0.4 is 3.53 Å². The van der Waals surface area contributed by atoms with Gasteiger partial charge in [0, 0.05) is 0 Å². The van der Waals surface area contributed by atoms with Crippen LogP contribution in [-0.4, -0.2) is 85.0 Å². The molecule has 2 aromatic carbocycles. The number of halogens is 5. The molecule has 158 valence electrons. The molecule has 0 radical (unpaired) electrons. The third kappa shape index (κ3) is 5.15. The fraction of sp³-hybridized carbons (Fsp3) is 0.238. The van der Waals surface area contributed by atoms with Crippen molar-refractivity contribution in [2.45, 2.75) is 25.4 Å². The van der Waals surface area contributed by atoms with E-state index in [1.54, 1.807) is 6.92 Å². The van der Waals surface area contributed by atoms with Crippen LogP contribution in [0.2, 0.25) is 0 Å². The van der Waals surface area contributed by atoms with Crippen LogP contribution in [0.4, 0.5) is 27.6 Å². The number of hydrogen-bond donors (Lipinski definition) is 1. The van der Waals surface area contributed by atoms with E-state index in [-0.39, 0.29) is 66.8 Å². The zero-order valence-corrected chi connectivity index (χ0v) is 21.5. The summed E-state index contributed by atoms with van der Waals surface area (Å²) in [7, 11) is 0. The Labute approximate surface area is 213 Å². The summed E-state index contributed by atoms with van der Waals surface area (Å²) in [6.45, 7) is 1.02. The van der Waals surface area contributed by atoms with E-state index in [2.05, 4.69) is 0 Å². The number of allylic oxidation sites excluding steroid dienone is 1. The number of aliphatic carboxylic acids is 1. The van der Waals surface area contributed by atoms with Crippen molar-refractivity contribution in [3.05, 3.63) is 64.7 Å². The molecule has 0 saturated heterocycles. The van der Waals surface area contributed by atoms with Gasteiger partial charge in [-0.3, -0.25) is 0 Å². The molecule has 1 aliphatic heterocycles. The van der Waals surface area contributed by atoms with E-state index < -0.39 is 53.6 Å². The molecule has 2 aromatic rings. The number of carbonyl (C=O) groups excluding carboxylic acids is 1. The van der Waals surface area contributed by atoms with Gasteiger partial charge in [0.15, 0.2) is 0 Å². The van der Waals surface area contributed by atoms with Crippen LogP contribution >= 0.6 is 0 Å². The third-order valence-electron chi connectivity index (χ3n) is 5.00. The van der Waals surface area contributed by atoms with Crippen LogP contribution in [0.25, 0.3) is 5.57 Å². The second-order valence-corrected chi connectivity index (χ2v) is 10.2. The Kier molecular flexibility index (Phi) is 6.91. The number of benzene rings is 2. The molecule has 3 rings (SSSR count). The second-order valence-electron chi connectivity index (χ2n) is 7.37. The van der Waals surface area contributed by atoms with Crippen molar-refractivity contribution >= 4 is 77.3 Å². The summed E-state index contributed by atoms with van der Waals surface area (Å²) < 4.78 is 70.8. The number of carboxylic acid groups (broad SMARTS) is 1. The van der Waals surface area contributed by atoms with Gasteiger partial charge in [0.2, 0.25) is 0 Å². The van der Waals surface area contributed by atoms with Gasteiger partial charge >= 0.3 is 216 Å². The van der Waals surface area contributed by atoms with Crippen LogP contribution in [0.1, 0.15) is 33.5 Å². The van der Waals surface area contributed by atoms with Crippen molar-refractivity contribution in [1.82, 2.24) is 0 Å². The number of hydrogen-bond acceptors (Lipinski definition) is 2. The SMILES string of the molecule is Cc1ccc2c(c1)/C(=C/C(=O)O)C(F)(F)CCN2C(=O)c1cc[c]([Rb])cc1C(F)(F)F. The van der Waals surface area contributed by atoms with E-state index >= 15 is 0 Å². The average Bonchev–Trinajstić information content (AvgIpc) is 2.75. The molecule has 4 nitrogen and oxygen atoms in total. The van der Waals surface area contributed by atoms with E-state index in [1.165, 1.54) is 24.3 Å². The summed E-state index contributed by atoms with van der Waals surface area (Å²) in [5.41, 5.74) is -2.27. The van der Waals surface area contributed by atoms with Crippen molar-refractivity contribution in [3.8, 4) is 0 Å². The predicted molar refractivity (Wildman–Crippen MR) is 105 cm³/mol. The topological polar surface area (TPSA) is 57.6 Å². The van der Waals surface area contributed by atoms with Crippen molar-refractivity contribution in [3.63, 3.8) is 0 Å². The number of carboxylic acids is 1. The number of amides is 1. The maximum atomic E-state index is 14.8. The van der Waals surface area contributed by atoms with Gasteiger partial charge in [0.25, 0.3) is 0 Å². The van der Waals surface area contributed by atoms with Crippen molar-refractivity contribution < 1.29 is 36.6 Å². The van der Waals surface area contributed by atoms with Gasteiger partial charge in [-0.15, -0.1) is 0 Å². The first-order chi connectivity index (χ1) is 14.3. The maximum absolute atomic E-state index is 14.8. The third-order valence-corrected chi connectivity index (χ3v) is 6.53. The molecule has 10 heteroatoms. The molecular formula is C21H15F5NO3Rb. The quantitative estimate of drug-likeness (QED) is 0.492. The predicted octanol–water partition coefficient (Wildman–Crippen LogP) is 3.96. The fourth-order valence-corrected chi connectivity index (χ4v) is 4.67. The van der Waals surface area contributed by atoms with Crippen LogP contribution in [0.5, 0.6) is 0 Å².